The van der Waals surface area contributed by atoms with Gasteiger partial charge in [-0.25, -0.2) is 0 Å². The van der Waals surface area contributed by atoms with Crippen molar-refractivity contribution in [2.75, 3.05) is 27.2 Å². The fraction of sp³-hybridized carbons (Fsp3) is 0.368. The number of ether oxygens (including phenoxy) is 2. The van der Waals surface area contributed by atoms with Crippen LogP contribution in [-0.4, -0.2) is 27.2 Å². The second kappa shape index (κ2) is 14.2. The van der Waals surface area contributed by atoms with Gasteiger partial charge in [-0.15, -0.1) is 24.8 Å². The standard InChI is InChI=1S/C19H24Cl2N2O2.2ClH/c1-22-8-5-9-23-12-14-10-17(21)19(18(11-14)24-2)25-13-15-6-3-4-7-16(15)20;;/h3-4,6-7,10-11,22-23H,5,8-9,12-13H2,1-2H3;2*1H. The summed E-state index contributed by atoms with van der Waals surface area (Å²) in [5.74, 6) is 1.15. The highest BCUT2D eigenvalue weighted by Crippen LogP contribution is 2.37. The summed E-state index contributed by atoms with van der Waals surface area (Å²) in [4.78, 5) is 0. The monoisotopic (exact) mass is 454 g/mol. The van der Waals surface area contributed by atoms with E-state index in [0.717, 1.165) is 37.2 Å². The molecule has 2 N–H and O–H groups in total. The zero-order chi connectivity index (χ0) is 18.1. The van der Waals surface area contributed by atoms with Crippen molar-refractivity contribution in [1.29, 1.82) is 0 Å². The average molecular weight is 456 g/mol. The Hall–Kier alpha value is -0.880. The summed E-state index contributed by atoms with van der Waals surface area (Å²) in [6.45, 7) is 2.99. The van der Waals surface area contributed by atoms with Crippen LogP contribution in [0.4, 0.5) is 0 Å². The summed E-state index contributed by atoms with van der Waals surface area (Å²) in [5, 5.41) is 7.71. The first-order valence-electron chi connectivity index (χ1n) is 8.23. The minimum absolute atomic E-state index is 0. The lowest BCUT2D eigenvalue weighted by atomic mass is 10.2. The van der Waals surface area contributed by atoms with E-state index < -0.39 is 0 Å². The van der Waals surface area contributed by atoms with Gasteiger partial charge in [0.2, 0.25) is 0 Å². The van der Waals surface area contributed by atoms with Gasteiger partial charge in [-0.2, -0.15) is 0 Å². The molecule has 0 atom stereocenters. The summed E-state index contributed by atoms with van der Waals surface area (Å²) in [6.07, 6.45) is 1.07. The Morgan fingerprint density at radius 1 is 1.00 bits per heavy atom. The molecule has 0 saturated heterocycles. The van der Waals surface area contributed by atoms with Crippen LogP contribution in [0, 0.1) is 0 Å². The second-order valence-corrected chi connectivity index (χ2v) is 6.44. The Bertz CT molecular complexity index is 687. The van der Waals surface area contributed by atoms with Crippen molar-refractivity contribution in [2.45, 2.75) is 19.6 Å². The van der Waals surface area contributed by atoms with Crippen molar-refractivity contribution in [2.24, 2.45) is 0 Å². The number of hydrogen-bond acceptors (Lipinski definition) is 4. The SMILES string of the molecule is CNCCCNCc1cc(Cl)c(OCc2ccccc2Cl)c(OC)c1.Cl.Cl. The maximum atomic E-state index is 6.41. The van der Waals surface area contributed by atoms with Crippen molar-refractivity contribution in [3.63, 3.8) is 0 Å². The van der Waals surface area contributed by atoms with Crippen molar-refractivity contribution in [3.05, 3.63) is 57.6 Å². The first-order valence-corrected chi connectivity index (χ1v) is 8.99. The van der Waals surface area contributed by atoms with Crippen molar-refractivity contribution >= 4 is 48.0 Å². The number of rotatable bonds is 10. The predicted octanol–water partition coefficient (Wildman–Crippen LogP) is 5.12. The maximum absolute atomic E-state index is 6.41. The minimum Gasteiger partial charge on any atom is -0.493 e. The van der Waals surface area contributed by atoms with E-state index in [-0.39, 0.29) is 24.8 Å². The molecule has 0 bridgehead atoms. The highest BCUT2D eigenvalue weighted by molar-refractivity contribution is 6.32. The highest BCUT2D eigenvalue weighted by atomic mass is 35.5. The number of methoxy groups -OCH3 is 1. The van der Waals surface area contributed by atoms with Gasteiger partial charge in [0.25, 0.3) is 0 Å². The molecule has 0 fully saturated rings. The van der Waals surface area contributed by atoms with E-state index in [2.05, 4.69) is 10.6 Å². The molecule has 4 nitrogen and oxygen atoms in total. The lowest BCUT2D eigenvalue weighted by Crippen LogP contribution is -2.19. The topological polar surface area (TPSA) is 42.5 Å². The third kappa shape index (κ3) is 8.34. The van der Waals surface area contributed by atoms with Crippen LogP contribution in [-0.2, 0) is 13.2 Å². The van der Waals surface area contributed by atoms with Crippen molar-refractivity contribution in [3.8, 4) is 11.5 Å². The smallest absolute Gasteiger partial charge is 0.180 e. The summed E-state index contributed by atoms with van der Waals surface area (Å²) in [6, 6.07) is 11.4. The molecular weight excluding hydrogens is 430 g/mol. The van der Waals surface area contributed by atoms with Crippen LogP contribution in [0.5, 0.6) is 11.5 Å². The van der Waals surface area contributed by atoms with E-state index >= 15 is 0 Å². The Morgan fingerprint density at radius 2 is 1.74 bits per heavy atom. The molecular formula is C19H26Cl4N2O2. The molecule has 152 valence electrons. The zero-order valence-corrected chi connectivity index (χ0v) is 18.5. The Labute approximate surface area is 183 Å². The summed E-state index contributed by atoms with van der Waals surface area (Å²) >= 11 is 12.6. The van der Waals surface area contributed by atoms with Crippen LogP contribution in [0.3, 0.4) is 0 Å². The maximum Gasteiger partial charge on any atom is 0.180 e. The number of halogens is 4. The quantitative estimate of drug-likeness (QED) is 0.487. The fourth-order valence-electron chi connectivity index (χ4n) is 2.40. The molecule has 0 heterocycles. The van der Waals surface area contributed by atoms with Gasteiger partial charge < -0.3 is 20.1 Å². The van der Waals surface area contributed by atoms with Gasteiger partial charge in [-0.3, -0.25) is 0 Å². The Balaban J connectivity index is 0.00000338. The molecule has 0 aliphatic heterocycles. The van der Waals surface area contributed by atoms with Gasteiger partial charge in [0.05, 0.1) is 12.1 Å². The second-order valence-electron chi connectivity index (χ2n) is 5.62. The average Bonchev–Trinajstić information content (AvgIpc) is 2.61. The third-order valence-corrected chi connectivity index (χ3v) is 4.38. The first-order chi connectivity index (χ1) is 12.2. The third-order valence-electron chi connectivity index (χ3n) is 3.73. The molecule has 0 amide bonds. The van der Waals surface area contributed by atoms with Gasteiger partial charge >= 0.3 is 0 Å². The van der Waals surface area contributed by atoms with Crippen LogP contribution < -0.4 is 20.1 Å². The lowest BCUT2D eigenvalue weighted by Gasteiger charge is -2.15. The Kier molecular flexibility index (Phi) is 13.7. The van der Waals surface area contributed by atoms with Gasteiger partial charge in [0.1, 0.15) is 6.61 Å². The predicted molar refractivity (Wildman–Crippen MR) is 119 cm³/mol. The number of benzene rings is 2. The molecule has 0 spiro atoms. The molecule has 0 radical (unpaired) electrons. The molecule has 2 aromatic carbocycles. The normalized spacial score (nSPS) is 9.93. The van der Waals surface area contributed by atoms with Gasteiger partial charge in [0, 0.05) is 17.1 Å². The van der Waals surface area contributed by atoms with Crippen LogP contribution >= 0.6 is 48.0 Å². The molecule has 2 rings (SSSR count). The Morgan fingerprint density at radius 3 is 2.41 bits per heavy atom. The van der Waals surface area contributed by atoms with Crippen LogP contribution in [0.1, 0.15) is 17.5 Å². The van der Waals surface area contributed by atoms with E-state index in [4.69, 9.17) is 32.7 Å². The molecule has 27 heavy (non-hydrogen) atoms. The van der Waals surface area contributed by atoms with Gasteiger partial charge in [0.15, 0.2) is 11.5 Å². The summed E-state index contributed by atoms with van der Waals surface area (Å²) in [5.41, 5.74) is 1.95. The van der Waals surface area contributed by atoms with Crippen LogP contribution in [0.25, 0.3) is 0 Å². The van der Waals surface area contributed by atoms with E-state index in [1.54, 1.807) is 7.11 Å². The number of nitrogens with one attached hydrogen (secondary N) is 2. The van der Waals surface area contributed by atoms with E-state index in [1.165, 1.54) is 0 Å². The van der Waals surface area contributed by atoms with Crippen LogP contribution in [0.2, 0.25) is 10.0 Å². The largest absolute Gasteiger partial charge is 0.493 e. The van der Waals surface area contributed by atoms with Crippen molar-refractivity contribution in [1.82, 2.24) is 10.6 Å². The molecule has 0 aliphatic rings. The molecule has 0 aromatic heterocycles. The van der Waals surface area contributed by atoms with Gasteiger partial charge in [-0.1, -0.05) is 41.4 Å². The lowest BCUT2D eigenvalue weighted by molar-refractivity contribution is 0.284. The molecule has 0 saturated carbocycles. The highest BCUT2D eigenvalue weighted by Gasteiger charge is 2.13. The summed E-state index contributed by atoms with van der Waals surface area (Å²) in [7, 11) is 3.56. The summed E-state index contributed by atoms with van der Waals surface area (Å²) < 4.78 is 11.3. The van der Waals surface area contributed by atoms with E-state index in [0.29, 0.717) is 28.2 Å². The molecule has 0 unspecified atom stereocenters. The zero-order valence-electron chi connectivity index (χ0n) is 15.4. The molecule has 8 heteroatoms. The van der Waals surface area contributed by atoms with Gasteiger partial charge in [-0.05, 0) is 50.3 Å². The fourth-order valence-corrected chi connectivity index (χ4v) is 2.88. The molecule has 2 aromatic rings. The molecule has 0 aliphatic carbocycles. The first kappa shape index (κ1) is 26.1. The minimum atomic E-state index is 0. The van der Waals surface area contributed by atoms with E-state index in [1.807, 2.05) is 43.4 Å². The van der Waals surface area contributed by atoms with E-state index in [9.17, 15) is 0 Å². The van der Waals surface area contributed by atoms with Crippen LogP contribution in [0.15, 0.2) is 36.4 Å². The number of hydrogen-bond donors (Lipinski definition) is 2. The van der Waals surface area contributed by atoms with Crippen molar-refractivity contribution < 1.29 is 9.47 Å².